The maximum atomic E-state index is 11.2. The molecule has 1 aromatic carbocycles. The van der Waals surface area contributed by atoms with Crippen molar-refractivity contribution in [3.05, 3.63) is 30.0 Å². The number of nitrogens with one attached hydrogen (secondary N) is 2. The van der Waals surface area contributed by atoms with Crippen molar-refractivity contribution in [1.29, 1.82) is 0 Å². The van der Waals surface area contributed by atoms with Crippen LogP contribution in [-0.4, -0.2) is 23.2 Å². The minimum atomic E-state index is -0.153. The molecule has 2 aromatic rings. The number of hydrogen-bond acceptors (Lipinski definition) is 4. The fraction of sp³-hybridized carbons (Fsp3) is 0.231. The highest BCUT2D eigenvalue weighted by atomic mass is 16.5. The molecule has 1 aromatic heterocycles. The monoisotopic (exact) mass is 260 g/mol. The van der Waals surface area contributed by atoms with Crippen molar-refractivity contribution in [3.63, 3.8) is 0 Å². The van der Waals surface area contributed by atoms with Crippen LogP contribution in [0.15, 0.2) is 24.3 Å². The number of carbonyl (C=O) groups is 1. The number of nitrogens with zero attached hydrogens (tertiary/aromatic N) is 1. The normalized spacial score (nSPS) is 10.3. The average molecular weight is 260 g/mol. The molecule has 0 radical (unpaired) electrons. The molecule has 0 aliphatic rings. The maximum Gasteiger partial charge on any atom is 0.221 e. The van der Waals surface area contributed by atoms with Gasteiger partial charge in [-0.05, 0) is 24.3 Å². The van der Waals surface area contributed by atoms with Crippen molar-refractivity contribution < 1.29 is 9.53 Å². The number of aromatic amines is 1. The second-order valence-corrected chi connectivity index (χ2v) is 4.08. The van der Waals surface area contributed by atoms with Crippen LogP contribution in [0.5, 0.6) is 5.75 Å². The van der Waals surface area contributed by atoms with Gasteiger partial charge in [0.25, 0.3) is 0 Å². The van der Waals surface area contributed by atoms with Crippen LogP contribution in [0.3, 0.4) is 0 Å². The van der Waals surface area contributed by atoms with Gasteiger partial charge in [0, 0.05) is 24.7 Å². The highest BCUT2D eigenvalue weighted by Gasteiger charge is 2.09. The number of benzene rings is 1. The fourth-order valence-corrected chi connectivity index (χ4v) is 1.77. The largest absolute Gasteiger partial charge is 0.495 e. The Morgan fingerprint density at radius 1 is 1.47 bits per heavy atom. The summed E-state index contributed by atoms with van der Waals surface area (Å²) in [6.45, 7) is 1.86. The van der Waals surface area contributed by atoms with Gasteiger partial charge in [-0.3, -0.25) is 9.89 Å². The molecule has 0 unspecified atom stereocenters. The van der Waals surface area contributed by atoms with Crippen LogP contribution in [0.2, 0.25) is 0 Å². The Kier molecular flexibility index (Phi) is 3.82. The van der Waals surface area contributed by atoms with E-state index in [4.69, 9.17) is 10.5 Å². The fourth-order valence-electron chi connectivity index (χ4n) is 1.77. The average Bonchev–Trinajstić information content (AvgIpc) is 2.86. The second-order valence-electron chi connectivity index (χ2n) is 4.08. The van der Waals surface area contributed by atoms with Crippen LogP contribution in [-0.2, 0) is 11.3 Å². The summed E-state index contributed by atoms with van der Waals surface area (Å²) in [5.74, 6) is 0.452. The zero-order valence-corrected chi connectivity index (χ0v) is 10.9. The molecule has 0 fully saturated rings. The molecule has 0 atom stereocenters. The van der Waals surface area contributed by atoms with E-state index in [0.29, 0.717) is 18.0 Å². The quantitative estimate of drug-likeness (QED) is 0.776. The summed E-state index contributed by atoms with van der Waals surface area (Å²) >= 11 is 0. The molecule has 0 spiro atoms. The van der Waals surface area contributed by atoms with Gasteiger partial charge in [-0.25, -0.2) is 0 Å². The lowest BCUT2D eigenvalue weighted by Crippen LogP contribution is -2.07. The van der Waals surface area contributed by atoms with Crippen molar-refractivity contribution in [2.75, 3.05) is 12.4 Å². The smallest absolute Gasteiger partial charge is 0.221 e. The van der Waals surface area contributed by atoms with Gasteiger partial charge in [0.05, 0.1) is 18.5 Å². The predicted molar refractivity (Wildman–Crippen MR) is 72.8 cm³/mol. The van der Waals surface area contributed by atoms with Crippen LogP contribution in [0.4, 0.5) is 5.69 Å². The van der Waals surface area contributed by atoms with E-state index in [2.05, 4.69) is 15.5 Å². The predicted octanol–water partition coefficient (Wildman–Crippen LogP) is 1.50. The Morgan fingerprint density at radius 2 is 2.26 bits per heavy atom. The first-order valence-electron chi connectivity index (χ1n) is 5.84. The molecule has 0 saturated heterocycles. The van der Waals surface area contributed by atoms with E-state index < -0.39 is 0 Å². The van der Waals surface area contributed by atoms with E-state index in [1.165, 1.54) is 6.92 Å². The second kappa shape index (κ2) is 5.53. The molecule has 0 aliphatic carbocycles. The summed E-state index contributed by atoms with van der Waals surface area (Å²) in [5.41, 5.74) is 8.65. The lowest BCUT2D eigenvalue weighted by atomic mass is 10.1. The van der Waals surface area contributed by atoms with Gasteiger partial charge in [0.1, 0.15) is 5.75 Å². The van der Waals surface area contributed by atoms with E-state index in [9.17, 15) is 4.79 Å². The number of amides is 1. The standard InChI is InChI=1S/C13H16N4O2/c1-8(18)15-12-5-9(3-4-13(12)19-2)11-6-10(7-14)16-17-11/h3-6H,7,14H2,1-2H3,(H,15,18)(H,16,17). The number of carbonyl (C=O) groups excluding carboxylic acids is 1. The van der Waals surface area contributed by atoms with Gasteiger partial charge in [0.15, 0.2) is 0 Å². The molecule has 19 heavy (non-hydrogen) atoms. The summed E-state index contributed by atoms with van der Waals surface area (Å²) in [4.78, 5) is 11.2. The minimum Gasteiger partial charge on any atom is -0.495 e. The summed E-state index contributed by atoms with van der Waals surface area (Å²) < 4.78 is 5.20. The topological polar surface area (TPSA) is 93.0 Å². The van der Waals surface area contributed by atoms with Crippen LogP contribution < -0.4 is 15.8 Å². The third kappa shape index (κ3) is 2.92. The number of H-pyrrole nitrogens is 1. The number of aromatic nitrogens is 2. The van der Waals surface area contributed by atoms with Gasteiger partial charge in [-0.15, -0.1) is 0 Å². The number of ether oxygens (including phenoxy) is 1. The van der Waals surface area contributed by atoms with Gasteiger partial charge < -0.3 is 15.8 Å². The van der Waals surface area contributed by atoms with Crippen molar-refractivity contribution in [1.82, 2.24) is 10.2 Å². The molecule has 100 valence electrons. The summed E-state index contributed by atoms with van der Waals surface area (Å²) in [7, 11) is 1.56. The van der Waals surface area contributed by atoms with Crippen LogP contribution in [0.1, 0.15) is 12.6 Å². The third-order valence-electron chi connectivity index (χ3n) is 2.66. The first kappa shape index (κ1) is 13.1. The van der Waals surface area contributed by atoms with Crippen LogP contribution >= 0.6 is 0 Å². The van der Waals surface area contributed by atoms with Gasteiger partial charge in [0.2, 0.25) is 5.91 Å². The number of hydrogen-bond donors (Lipinski definition) is 3. The van der Waals surface area contributed by atoms with E-state index >= 15 is 0 Å². The molecular weight excluding hydrogens is 244 g/mol. The molecule has 6 heteroatoms. The van der Waals surface area contributed by atoms with Gasteiger partial charge >= 0.3 is 0 Å². The number of nitrogens with two attached hydrogens (primary N) is 1. The maximum absolute atomic E-state index is 11.2. The Bertz CT molecular complexity index is 592. The summed E-state index contributed by atoms with van der Waals surface area (Å²) in [6, 6.07) is 7.36. The molecule has 4 N–H and O–H groups in total. The Morgan fingerprint density at radius 3 is 2.84 bits per heavy atom. The zero-order valence-electron chi connectivity index (χ0n) is 10.9. The number of rotatable bonds is 4. The highest BCUT2D eigenvalue weighted by Crippen LogP contribution is 2.30. The minimum absolute atomic E-state index is 0.153. The van der Waals surface area contributed by atoms with Gasteiger partial charge in [-0.1, -0.05) is 0 Å². The van der Waals surface area contributed by atoms with Crippen molar-refractivity contribution in [2.45, 2.75) is 13.5 Å². The van der Waals surface area contributed by atoms with Crippen LogP contribution in [0, 0.1) is 0 Å². The molecule has 6 nitrogen and oxygen atoms in total. The highest BCUT2D eigenvalue weighted by molar-refractivity contribution is 5.91. The number of methoxy groups -OCH3 is 1. The van der Waals surface area contributed by atoms with E-state index in [1.807, 2.05) is 18.2 Å². The Labute approximate surface area is 111 Å². The van der Waals surface area contributed by atoms with Crippen molar-refractivity contribution in [2.24, 2.45) is 5.73 Å². The summed E-state index contributed by atoms with van der Waals surface area (Å²) in [6.07, 6.45) is 0. The third-order valence-corrected chi connectivity index (χ3v) is 2.66. The van der Waals surface area contributed by atoms with E-state index in [-0.39, 0.29) is 5.91 Å². The molecule has 1 heterocycles. The SMILES string of the molecule is COc1ccc(-c2cc(CN)[nH]n2)cc1NC(C)=O. The first-order valence-corrected chi connectivity index (χ1v) is 5.84. The molecule has 0 aliphatic heterocycles. The molecule has 0 bridgehead atoms. The van der Waals surface area contributed by atoms with E-state index in [0.717, 1.165) is 17.0 Å². The van der Waals surface area contributed by atoms with Crippen molar-refractivity contribution in [3.8, 4) is 17.0 Å². The Hall–Kier alpha value is -2.34. The van der Waals surface area contributed by atoms with Crippen LogP contribution in [0.25, 0.3) is 11.3 Å². The van der Waals surface area contributed by atoms with E-state index in [1.54, 1.807) is 13.2 Å². The lowest BCUT2D eigenvalue weighted by Gasteiger charge is -2.10. The van der Waals surface area contributed by atoms with Gasteiger partial charge in [-0.2, -0.15) is 5.10 Å². The molecular formula is C13H16N4O2. The molecule has 0 saturated carbocycles. The summed E-state index contributed by atoms with van der Waals surface area (Å²) in [5, 5.41) is 9.75. The Balaban J connectivity index is 2.38. The number of anilines is 1. The molecule has 1 amide bonds. The molecule has 2 rings (SSSR count). The van der Waals surface area contributed by atoms with Crippen molar-refractivity contribution >= 4 is 11.6 Å². The lowest BCUT2D eigenvalue weighted by molar-refractivity contribution is -0.114. The first-order chi connectivity index (χ1) is 9.13. The zero-order chi connectivity index (χ0) is 13.8.